The van der Waals surface area contributed by atoms with Crippen molar-refractivity contribution in [3.05, 3.63) is 53.6 Å². The van der Waals surface area contributed by atoms with E-state index in [2.05, 4.69) is 21.3 Å². The number of nitrogens with zero attached hydrogens (tertiary/aromatic N) is 2. The summed E-state index contributed by atoms with van der Waals surface area (Å²) in [6, 6.07) is 13.6. The maximum atomic E-state index is 12.4. The zero-order valence-corrected chi connectivity index (χ0v) is 20.2. The molecule has 0 spiro atoms. The molecule has 1 N–H and O–H groups in total. The predicted octanol–water partition coefficient (Wildman–Crippen LogP) is 3.06. The van der Waals surface area contributed by atoms with Gasteiger partial charge in [-0.15, -0.1) is 24.0 Å². The normalized spacial score (nSPS) is 14.4. The number of methoxy groups -OCH3 is 2. The lowest BCUT2D eigenvalue weighted by Gasteiger charge is -2.32. The van der Waals surface area contributed by atoms with Crippen LogP contribution in [0.2, 0.25) is 0 Å². The number of aliphatic imine (C=N–C) groups is 1. The molecule has 2 aromatic carbocycles. The molecular formula is C21H28IN3O3S. The van der Waals surface area contributed by atoms with Crippen molar-refractivity contribution in [2.45, 2.75) is 17.9 Å². The SMILES string of the molecule is CN=C(NCCS(=O)c1ccccc1)N1CCc2cc(OC)c(OC)cc2C1.I. The quantitative estimate of drug-likeness (QED) is 0.354. The van der Waals surface area contributed by atoms with Crippen LogP contribution < -0.4 is 14.8 Å². The van der Waals surface area contributed by atoms with Crippen molar-refractivity contribution < 1.29 is 13.7 Å². The smallest absolute Gasteiger partial charge is 0.193 e. The van der Waals surface area contributed by atoms with E-state index in [0.717, 1.165) is 41.9 Å². The molecule has 0 aliphatic carbocycles. The minimum absolute atomic E-state index is 0. The van der Waals surface area contributed by atoms with E-state index in [4.69, 9.17) is 9.47 Å². The van der Waals surface area contributed by atoms with Crippen LogP contribution in [0, 0.1) is 0 Å². The second-order valence-corrected chi connectivity index (χ2v) is 8.05. The summed E-state index contributed by atoms with van der Waals surface area (Å²) < 4.78 is 23.2. The summed E-state index contributed by atoms with van der Waals surface area (Å²) in [5, 5.41) is 3.35. The summed E-state index contributed by atoms with van der Waals surface area (Å²) in [4.78, 5) is 7.47. The Morgan fingerprint density at radius 1 is 1.14 bits per heavy atom. The van der Waals surface area contributed by atoms with Gasteiger partial charge in [0.15, 0.2) is 17.5 Å². The van der Waals surface area contributed by atoms with E-state index in [1.165, 1.54) is 11.1 Å². The third kappa shape index (κ3) is 5.85. The largest absolute Gasteiger partial charge is 0.493 e. The monoisotopic (exact) mass is 529 g/mol. The Morgan fingerprint density at radius 3 is 2.41 bits per heavy atom. The van der Waals surface area contributed by atoms with E-state index < -0.39 is 10.8 Å². The first-order chi connectivity index (χ1) is 13.7. The molecule has 0 saturated heterocycles. The Kier molecular flexibility index (Phi) is 9.22. The Bertz CT molecular complexity index is 862. The highest BCUT2D eigenvalue weighted by molar-refractivity contribution is 14.0. The van der Waals surface area contributed by atoms with E-state index in [9.17, 15) is 4.21 Å². The molecule has 0 saturated carbocycles. The molecule has 0 aromatic heterocycles. The van der Waals surface area contributed by atoms with E-state index in [1.807, 2.05) is 36.4 Å². The summed E-state index contributed by atoms with van der Waals surface area (Å²) >= 11 is 0. The van der Waals surface area contributed by atoms with E-state index >= 15 is 0 Å². The maximum absolute atomic E-state index is 12.4. The molecule has 2 aromatic rings. The van der Waals surface area contributed by atoms with Crippen LogP contribution in [0.15, 0.2) is 52.4 Å². The number of rotatable bonds is 6. The van der Waals surface area contributed by atoms with Crippen LogP contribution in [0.5, 0.6) is 11.5 Å². The Balaban J connectivity index is 0.00000300. The third-order valence-electron chi connectivity index (χ3n) is 4.81. The standard InChI is InChI=1S/C21H27N3O3S.HI/c1-22-21(23-10-12-28(25)18-7-5-4-6-8-18)24-11-9-16-13-19(26-2)20(27-3)14-17(16)15-24;/h4-8,13-14H,9-12,15H2,1-3H3,(H,22,23);1H. The molecule has 3 rings (SSSR count). The molecule has 0 bridgehead atoms. The zero-order chi connectivity index (χ0) is 19.9. The first kappa shape index (κ1) is 23.5. The Hall–Kier alpha value is -1.81. The molecule has 0 amide bonds. The number of halogens is 1. The van der Waals surface area contributed by atoms with Crippen LogP contribution in [0.1, 0.15) is 11.1 Å². The van der Waals surface area contributed by atoms with Crippen LogP contribution in [-0.2, 0) is 23.8 Å². The first-order valence-corrected chi connectivity index (χ1v) is 10.6. The average molecular weight is 529 g/mol. The molecule has 158 valence electrons. The van der Waals surface area contributed by atoms with Gasteiger partial charge in [-0.25, -0.2) is 0 Å². The topological polar surface area (TPSA) is 63.2 Å². The number of guanidine groups is 1. The van der Waals surface area contributed by atoms with Gasteiger partial charge >= 0.3 is 0 Å². The predicted molar refractivity (Wildman–Crippen MR) is 128 cm³/mol. The number of hydrogen-bond acceptors (Lipinski definition) is 4. The van der Waals surface area contributed by atoms with Crippen molar-refractivity contribution in [1.82, 2.24) is 10.2 Å². The summed E-state index contributed by atoms with van der Waals surface area (Å²) in [7, 11) is 4.07. The lowest BCUT2D eigenvalue weighted by molar-refractivity contribution is 0.346. The van der Waals surface area contributed by atoms with Crippen molar-refractivity contribution >= 4 is 40.7 Å². The van der Waals surface area contributed by atoms with Crippen molar-refractivity contribution in [1.29, 1.82) is 0 Å². The molecule has 1 aliphatic heterocycles. The van der Waals surface area contributed by atoms with Crippen molar-refractivity contribution in [2.24, 2.45) is 4.99 Å². The van der Waals surface area contributed by atoms with Gasteiger partial charge in [0, 0.05) is 37.3 Å². The second kappa shape index (κ2) is 11.4. The van der Waals surface area contributed by atoms with Gasteiger partial charge in [-0.3, -0.25) is 9.20 Å². The molecule has 1 atom stereocenters. The van der Waals surface area contributed by atoms with Crippen molar-refractivity contribution in [3.63, 3.8) is 0 Å². The zero-order valence-electron chi connectivity index (χ0n) is 17.0. The van der Waals surface area contributed by atoms with Gasteiger partial charge in [-0.1, -0.05) is 18.2 Å². The molecule has 6 nitrogen and oxygen atoms in total. The van der Waals surface area contributed by atoms with Crippen LogP contribution in [0.3, 0.4) is 0 Å². The second-order valence-electron chi connectivity index (χ2n) is 6.48. The van der Waals surface area contributed by atoms with E-state index in [1.54, 1.807) is 21.3 Å². The fourth-order valence-corrected chi connectivity index (χ4v) is 4.33. The van der Waals surface area contributed by atoms with Gasteiger partial charge in [-0.2, -0.15) is 0 Å². The fraction of sp³-hybridized carbons (Fsp3) is 0.381. The van der Waals surface area contributed by atoms with Gasteiger partial charge < -0.3 is 19.7 Å². The molecule has 1 heterocycles. The Morgan fingerprint density at radius 2 is 1.79 bits per heavy atom. The number of hydrogen-bond donors (Lipinski definition) is 1. The van der Waals surface area contributed by atoms with Crippen molar-refractivity contribution in [2.75, 3.05) is 40.1 Å². The van der Waals surface area contributed by atoms with Gasteiger partial charge in [-0.05, 0) is 41.8 Å². The highest BCUT2D eigenvalue weighted by Crippen LogP contribution is 2.33. The molecule has 0 radical (unpaired) electrons. The highest BCUT2D eigenvalue weighted by atomic mass is 127. The fourth-order valence-electron chi connectivity index (χ4n) is 3.34. The van der Waals surface area contributed by atoms with Gasteiger partial charge in [0.1, 0.15) is 0 Å². The highest BCUT2D eigenvalue weighted by Gasteiger charge is 2.21. The van der Waals surface area contributed by atoms with Crippen LogP contribution in [0.4, 0.5) is 0 Å². The van der Waals surface area contributed by atoms with Crippen LogP contribution in [0.25, 0.3) is 0 Å². The number of benzene rings is 2. The summed E-state index contributed by atoms with van der Waals surface area (Å²) in [5.41, 5.74) is 2.48. The maximum Gasteiger partial charge on any atom is 0.193 e. The number of ether oxygens (including phenoxy) is 2. The Labute approximate surface area is 192 Å². The third-order valence-corrected chi connectivity index (χ3v) is 6.18. The summed E-state index contributed by atoms with van der Waals surface area (Å²) in [6.45, 7) is 2.21. The number of fused-ring (bicyclic) bond motifs is 1. The molecule has 29 heavy (non-hydrogen) atoms. The summed E-state index contributed by atoms with van der Waals surface area (Å²) in [5.74, 6) is 2.87. The minimum atomic E-state index is -1.02. The molecule has 8 heteroatoms. The van der Waals surface area contributed by atoms with Gasteiger partial charge in [0.05, 0.1) is 25.0 Å². The van der Waals surface area contributed by atoms with Crippen LogP contribution in [-0.4, -0.2) is 55.2 Å². The lowest BCUT2D eigenvalue weighted by Crippen LogP contribution is -2.45. The lowest BCUT2D eigenvalue weighted by atomic mass is 9.99. The van der Waals surface area contributed by atoms with E-state index in [0.29, 0.717) is 12.3 Å². The van der Waals surface area contributed by atoms with E-state index in [-0.39, 0.29) is 24.0 Å². The number of nitrogens with one attached hydrogen (secondary N) is 1. The molecule has 1 aliphatic rings. The van der Waals surface area contributed by atoms with Gasteiger partial charge in [0.2, 0.25) is 0 Å². The summed E-state index contributed by atoms with van der Waals surface area (Å²) in [6.07, 6.45) is 0.909. The first-order valence-electron chi connectivity index (χ1n) is 9.29. The molecule has 0 fully saturated rings. The molecular weight excluding hydrogens is 501 g/mol. The van der Waals surface area contributed by atoms with Crippen LogP contribution >= 0.6 is 24.0 Å². The minimum Gasteiger partial charge on any atom is -0.493 e. The van der Waals surface area contributed by atoms with Crippen molar-refractivity contribution in [3.8, 4) is 11.5 Å². The average Bonchev–Trinajstić information content (AvgIpc) is 2.75. The molecule has 1 unspecified atom stereocenters. The van der Waals surface area contributed by atoms with Gasteiger partial charge in [0.25, 0.3) is 0 Å².